The Morgan fingerprint density at radius 3 is 2.47 bits per heavy atom. The van der Waals surface area contributed by atoms with Crippen LogP contribution in [0, 0.1) is 5.41 Å². The quantitative estimate of drug-likeness (QED) is 0.864. The minimum absolute atomic E-state index is 0. The second kappa shape index (κ2) is 6.29. The molecular weight excluding hydrogens is 260 g/mol. The molecular formula is C15H23ClN2O. The van der Waals surface area contributed by atoms with Gasteiger partial charge in [-0.25, -0.2) is 0 Å². The van der Waals surface area contributed by atoms with Crippen LogP contribution in [0.25, 0.3) is 0 Å². The molecule has 19 heavy (non-hydrogen) atoms. The first kappa shape index (κ1) is 15.8. The van der Waals surface area contributed by atoms with Gasteiger partial charge in [0.05, 0.1) is 5.56 Å². The Hall–Kier alpha value is -1.22. The van der Waals surface area contributed by atoms with Crippen LogP contribution in [-0.2, 0) is 0 Å². The third-order valence-electron chi connectivity index (χ3n) is 4.42. The summed E-state index contributed by atoms with van der Waals surface area (Å²) in [5.74, 6) is 0.0804. The van der Waals surface area contributed by atoms with Gasteiger partial charge in [-0.15, -0.1) is 12.4 Å². The van der Waals surface area contributed by atoms with Gasteiger partial charge in [-0.3, -0.25) is 4.79 Å². The van der Waals surface area contributed by atoms with E-state index >= 15 is 0 Å². The molecule has 0 unspecified atom stereocenters. The van der Waals surface area contributed by atoms with Gasteiger partial charge in [0.25, 0.3) is 5.91 Å². The van der Waals surface area contributed by atoms with Gasteiger partial charge in [-0.05, 0) is 36.8 Å². The molecule has 1 aromatic carbocycles. The summed E-state index contributed by atoms with van der Waals surface area (Å²) in [7, 11) is 0. The monoisotopic (exact) mass is 282 g/mol. The maximum atomic E-state index is 12.4. The number of likely N-dealkylation sites (tertiary alicyclic amines) is 1. The maximum absolute atomic E-state index is 12.4. The number of nitrogens with zero attached hydrogens (tertiary/aromatic N) is 1. The average molecular weight is 283 g/mol. The van der Waals surface area contributed by atoms with Crippen LogP contribution in [0.2, 0.25) is 0 Å². The number of halogens is 1. The highest BCUT2D eigenvalue weighted by Crippen LogP contribution is 2.37. The zero-order valence-corrected chi connectivity index (χ0v) is 12.5. The third kappa shape index (κ3) is 3.03. The normalized spacial score (nSPS) is 17.1. The van der Waals surface area contributed by atoms with E-state index in [4.69, 9.17) is 5.73 Å². The van der Waals surface area contributed by atoms with Gasteiger partial charge in [-0.2, -0.15) is 0 Å². The van der Waals surface area contributed by atoms with E-state index in [9.17, 15) is 4.79 Å². The fourth-order valence-electron chi connectivity index (χ4n) is 2.80. The largest absolute Gasteiger partial charge is 0.398 e. The molecule has 1 fully saturated rings. The summed E-state index contributed by atoms with van der Waals surface area (Å²) in [6.07, 6.45) is 3.38. The number of anilines is 1. The maximum Gasteiger partial charge on any atom is 0.255 e. The average Bonchev–Trinajstić information content (AvgIpc) is 2.84. The van der Waals surface area contributed by atoms with Crippen molar-refractivity contribution in [2.75, 3.05) is 18.8 Å². The first-order chi connectivity index (χ1) is 8.62. The third-order valence-corrected chi connectivity index (χ3v) is 4.42. The summed E-state index contributed by atoms with van der Waals surface area (Å²) in [6, 6.07) is 7.33. The molecule has 0 radical (unpaired) electrons. The molecule has 3 nitrogen and oxygen atoms in total. The van der Waals surface area contributed by atoms with Gasteiger partial charge in [-0.1, -0.05) is 26.0 Å². The lowest BCUT2D eigenvalue weighted by atomic mass is 9.82. The van der Waals surface area contributed by atoms with Crippen LogP contribution < -0.4 is 5.73 Å². The molecule has 1 aliphatic rings. The lowest BCUT2D eigenvalue weighted by molar-refractivity contribution is 0.0771. The SMILES string of the molecule is CCC1(CC)CCN(C(=O)c2ccccc2N)C1.Cl. The van der Waals surface area contributed by atoms with E-state index in [1.54, 1.807) is 6.07 Å². The Balaban J connectivity index is 0.00000180. The first-order valence-electron chi connectivity index (χ1n) is 6.75. The smallest absolute Gasteiger partial charge is 0.255 e. The molecule has 4 heteroatoms. The fraction of sp³-hybridized carbons (Fsp3) is 0.533. The second-order valence-electron chi connectivity index (χ2n) is 5.27. The van der Waals surface area contributed by atoms with Crippen molar-refractivity contribution < 1.29 is 4.79 Å². The molecule has 0 aromatic heterocycles. The van der Waals surface area contributed by atoms with Crippen molar-refractivity contribution in [3.63, 3.8) is 0 Å². The molecule has 0 spiro atoms. The summed E-state index contributed by atoms with van der Waals surface area (Å²) in [5, 5.41) is 0. The van der Waals surface area contributed by atoms with Crippen LogP contribution in [-0.4, -0.2) is 23.9 Å². The molecule has 0 aliphatic carbocycles. The highest BCUT2D eigenvalue weighted by Gasteiger charge is 2.37. The van der Waals surface area contributed by atoms with Crippen molar-refractivity contribution in [3.8, 4) is 0 Å². The van der Waals surface area contributed by atoms with Crippen molar-refractivity contribution in [1.29, 1.82) is 0 Å². The van der Waals surface area contributed by atoms with E-state index in [2.05, 4.69) is 13.8 Å². The van der Waals surface area contributed by atoms with E-state index in [1.807, 2.05) is 23.1 Å². The van der Waals surface area contributed by atoms with Crippen molar-refractivity contribution in [2.45, 2.75) is 33.1 Å². The standard InChI is InChI=1S/C15H22N2O.ClH/c1-3-15(4-2)9-10-17(11-15)14(18)12-7-5-6-8-13(12)16;/h5-8H,3-4,9-11,16H2,1-2H3;1H. The van der Waals surface area contributed by atoms with E-state index in [0.717, 1.165) is 32.4 Å². The molecule has 1 heterocycles. The zero-order chi connectivity index (χ0) is 13.2. The molecule has 1 aliphatic heterocycles. The number of carbonyl (C=O) groups excluding carboxylic acids is 1. The lowest BCUT2D eigenvalue weighted by Gasteiger charge is -2.26. The molecule has 2 rings (SSSR count). The van der Waals surface area contributed by atoms with Crippen LogP contribution in [0.3, 0.4) is 0 Å². The number of nitrogen functional groups attached to an aromatic ring is 1. The molecule has 0 bridgehead atoms. The summed E-state index contributed by atoms with van der Waals surface area (Å²) in [5.41, 5.74) is 7.41. The molecule has 1 saturated heterocycles. The number of carbonyl (C=O) groups is 1. The number of hydrogen-bond donors (Lipinski definition) is 1. The van der Waals surface area contributed by atoms with Gasteiger partial charge in [0.2, 0.25) is 0 Å². The van der Waals surface area contributed by atoms with Gasteiger partial charge in [0.15, 0.2) is 0 Å². The molecule has 0 saturated carbocycles. The predicted molar refractivity (Wildman–Crippen MR) is 81.6 cm³/mol. The second-order valence-corrected chi connectivity index (χ2v) is 5.27. The Bertz CT molecular complexity index is 444. The van der Waals surface area contributed by atoms with Crippen LogP contribution in [0.1, 0.15) is 43.5 Å². The summed E-state index contributed by atoms with van der Waals surface area (Å²) in [4.78, 5) is 14.4. The zero-order valence-electron chi connectivity index (χ0n) is 11.7. The summed E-state index contributed by atoms with van der Waals surface area (Å²) >= 11 is 0. The van der Waals surface area contributed by atoms with E-state index in [0.29, 0.717) is 16.7 Å². The Kier molecular flexibility index (Phi) is 5.24. The number of rotatable bonds is 3. The van der Waals surface area contributed by atoms with E-state index in [-0.39, 0.29) is 18.3 Å². The number of benzene rings is 1. The van der Waals surface area contributed by atoms with Crippen LogP contribution in [0.4, 0.5) is 5.69 Å². The van der Waals surface area contributed by atoms with Gasteiger partial charge < -0.3 is 10.6 Å². The van der Waals surface area contributed by atoms with Crippen molar-refractivity contribution in [3.05, 3.63) is 29.8 Å². The van der Waals surface area contributed by atoms with E-state index < -0.39 is 0 Å². The molecule has 106 valence electrons. The number of amides is 1. The van der Waals surface area contributed by atoms with Crippen molar-refractivity contribution >= 4 is 24.0 Å². The van der Waals surface area contributed by atoms with Gasteiger partial charge in [0.1, 0.15) is 0 Å². The predicted octanol–water partition coefficient (Wildman–Crippen LogP) is 3.34. The Morgan fingerprint density at radius 1 is 1.32 bits per heavy atom. The molecule has 1 amide bonds. The Labute approximate surface area is 121 Å². The van der Waals surface area contributed by atoms with Gasteiger partial charge in [0, 0.05) is 18.8 Å². The molecule has 2 N–H and O–H groups in total. The van der Waals surface area contributed by atoms with Gasteiger partial charge >= 0.3 is 0 Å². The molecule has 0 atom stereocenters. The molecule has 1 aromatic rings. The highest BCUT2D eigenvalue weighted by molar-refractivity contribution is 5.99. The summed E-state index contributed by atoms with van der Waals surface area (Å²) < 4.78 is 0. The first-order valence-corrected chi connectivity index (χ1v) is 6.75. The number of hydrogen-bond acceptors (Lipinski definition) is 2. The van der Waals surface area contributed by atoms with Crippen molar-refractivity contribution in [1.82, 2.24) is 4.90 Å². The van der Waals surface area contributed by atoms with Crippen LogP contribution in [0.15, 0.2) is 24.3 Å². The fourth-order valence-corrected chi connectivity index (χ4v) is 2.80. The minimum atomic E-state index is 0. The summed E-state index contributed by atoms with van der Waals surface area (Å²) in [6.45, 7) is 6.16. The lowest BCUT2D eigenvalue weighted by Crippen LogP contribution is -2.32. The Morgan fingerprint density at radius 2 is 1.95 bits per heavy atom. The van der Waals surface area contributed by atoms with E-state index in [1.165, 1.54) is 0 Å². The van der Waals surface area contributed by atoms with Crippen molar-refractivity contribution in [2.24, 2.45) is 5.41 Å². The highest BCUT2D eigenvalue weighted by atomic mass is 35.5. The van der Waals surface area contributed by atoms with Crippen LogP contribution >= 0.6 is 12.4 Å². The number of para-hydroxylation sites is 1. The topological polar surface area (TPSA) is 46.3 Å². The minimum Gasteiger partial charge on any atom is -0.398 e. The van der Waals surface area contributed by atoms with Crippen LogP contribution in [0.5, 0.6) is 0 Å². The number of nitrogens with two attached hydrogens (primary N) is 1.